The molecule has 112 valence electrons. The fourth-order valence-electron chi connectivity index (χ4n) is 4.07. The van der Waals surface area contributed by atoms with Crippen LogP contribution >= 0.6 is 11.3 Å². The third kappa shape index (κ3) is 2.05. The van der Waals surface area contributed by atoms with E-state index in [0.717, 1.165) is 49.9 Å². The first-order valence-corrected chi connectivity index (χ1v) is 9.04. The molecule has 1 aromatic rings. The van der Waals surface area contributed by atoms with Gasteiger partial charge in [-0.15, -0.1) is 11.3 Å². The minimum atomic E-state index is -0.129. The third-order valence-corrected chi connectivity index (χ3v) is 6.75. The van der Waals surface area contributed by atoms with Crippen LogP contribution in [0.25, 0.3) is 0 Å². The molecule has 0 aromatic carbocycles. The highest BCUT2D eigenvalue weighted by Crippen LogP contribution is 2.47. The number of fused-ring (bicyclic) bond motifs is 2. The quantitative estimate of drug-likeness (QED) is 0.926. The van der Waals surface area contributed by atoms with Crippen LogP contribution in [0.15, 0.2) is 6.20 Å². The smallest absolute Gasteiger partial charge is 0.185 e. The predicted octanol–water partition coefficient (Wildman–Crippen LogP) is 2.17. The lowest BCUT2D eigenvalue weighted by Crippen LogP contribution is -2.50. The topological polar surface area (TPSA) is 45.2 Å². The summed E-state index contributed by atoms with van der Waals surface area (Å²) < 4.78 is 0. The molecule has 2 aliphatic carbocycles. The van der Waals surface area contributed by atoms with Crippen molar-refractivity contribution in [3.8, 4) is 0 Å². The van der Waals surface area contributed by atoms with E-state index in [-0.39, 0.29) is 5.41 Å². The molecule has 4 aliphatic rings. The lowest BCUT2D eigenvalue weighted by molar-refractivity contribution is -0.129. The van der Waals surface area contributed by atoms with Crippen molar-refractivity contribution in [2.75, 3.05) is 24.5 Å². The number of hydrogen-bond donors (Lipinski definition) is 1. The summed E-state index contributed by atoms with van der Waals surface area (Å²) in [7, 11) is 0. The zero-order chi connectivity index (χ0) is 14.0. The van der Waals surface area contributed by atoms with Gasteiger partial charge in [-0.1, -0.05) is 0 Å². The average Bonchev–Trinajstić information content (AvgIpc) is 3.43. The number of carbonyl (C=O) groups is 1. The molecule has 1 N–H and O–H groups in total. The molecule has 2 aliphatic heterocycles. The first kappa shape index (κ1) is 12.6. The van der Waals surface area contributed by atoms with Crippen molar-refractivity contribution in [3.63, 3.8) is 0 Å². The van der Waals surface area contributed by atoms with E-state index in [1.54, 1.807) is 0 Å². The van der Waals surface area contributed by atoms with Crippen molar-refractivity contribution in [1.82, 2.24) is 10.3 Å². The Morgan fingerprint density at radius 1 is 1.38 bits per heavy atom. The SMILES string of the molecule is O=C(C1CC1)C12CNC(CN(c3ncc(C4CC4)s3)C1)C2. The van der Waals surface area contributed by atoms with Crippen molar-refractivity contribution in [1.29, 1.82) is 0 Å². The summed E-state index contributed by atoms with van der Waals surface area (Å²) in [6.45, 7) is 2.77. The van der Waals surface area contributed by atoms with Gasteiger partial charge in [0.25, 0.3) is 0 Å². The van der Waals surface area contributed by atoms with E-state index in [0.29, 0.717) is 17.7 Å². The van der Waals surface area contributed by atoms with E-state index in [4.69, 9.17) is 0 Å². The maximum absolute atomic E-state index is 12.8. The van der Waals surface area contributed by atoms with Gasteiger partial charge in [0.15, 0.2) is 5.13 Å². The fraction of sp³-hybridized carbons (Fsp3) is 0.750. The Labute approximate surface area is 128 Å². The number of nitrogens with zero attached hydrogens (tertiary/aromatic N) is 2. The van der Waals surface area contributed by atoms with Gasteiger partial charge in [-0.3, -0.25) is 4.79 Å². The van der Waals surface area contributed by atoms with Gasteiger partial charge in [-0.25, -0.2) is 4.98 Å². The summed E-state index contributed by atoms with van der Waals surface area (Å²) in [5.74, 6) is 1.67. The lowest BCUT2D eigenvalue weighted by Gasteiger charge is -2.38. The van der Waals surface area contributed by atoms with E-state index < -0.39 is 0 Å². The van der Waals surface area contributed by atoms with Crippen molar-refractivity contribution in [3.05, 3.63) is 11.1 Å². The molecule has 0 spiro atoms. The maximum atomic E-state index is 12.8. The standard InChI is InChI=1S/C16H21N3OS/c20-14(11-3-4-11)16-5-12(18-8-16)7-19(9-16)15-17-6-13(21-15)10-1-2-10/h6,10-12,18H,1-5,7-9H2. The molecular formula is C16H21N3OS. The lowest BCUT2D eigenvalue weighted by atomic mass is 9.76. The van der Waals surface area contributed by atoms with E-state index in [2.05, 4.69) is 21.4 Å². The zero-order valence-corrected chi connectivity index (χ0v) is 13.0. The molecule has 21 heavy (non-hydrogen) atoms. The normalized spacial score (nSPS) is 35.2. The van der Waals surface area contributed by atoms with Gasteiger partial charge in [-0.2, -0.15) is 0 Å². The first-order chi connectivity index (χ1) is 10.2. The average molecular weight is 303 g/mol. The number of ketones is 1. The summed E-state index contributed by atoms with van der Waals surface area (Å²) in [6, 6.07) is 0.467. The number of thiazole rings is 1. The molecule has 3 heterocycles. The summed E-state index contributed by atoms with van der Waals surface area (Å²) in [5, 5.41) is 4.72. The predicted molar refractivity (Wildman–Crippen MR) is 82.9 cm³/mol. The van der Waals surface area contributed by atoms with Gasteiger partial charge < -0.3 is 10.2 Å². The van der Waals surface area contributed by atoms with Crippen LogP contribution in [-0.2, 0) is 4.79 Å². The summed E-state index contributed by atoms with van der Waals surface area (Å²) >= 11 is 1.85. The summed E-state index contributed by atoms with van der Waals surface area (Å²) in [6.07, 6.45) is 8.01. The van der Waals surface area contributed by atoms with Gasteiger partial charge in [-0.05, 0) is 38.0 Å². The Bertz CT molecular complexity index is 592. The molecule has 4 nitrogen and oxygen atoms in total. The van der Waals surface area contributed by atoms with Crippen LogP contribution in [0.4, 0.5) is 5.13 Å². The van der Waals surface area contributed by atoms with Crippen LogP contribution < -0.4 is 10.2 Å². The number of aromatic nitrogens is 1. The highest BCUT2D eigenvalue weighted by molar-refractivity contribution is 7.15. The van der Waals surface area contributed by atoms with E-state index >= 15 is 0 Å². The van der Waals surface area contributed by atoms with Crippen LogP contribution in [0.3, 0.4) is 0 Å². The molecule has 2 saturated heterocycles. The van der Waals surface area contributed by atoms with Gasteiger partial charge in [0, 0.05) is 42.7 Å². The molecule has 2 bridgehead atoms. The maximum Gasteiger partial charge on any atom is 0.185 e. The molecule has 2 saturated carbocycles. The summed E-state index contributed by atoms with van der Waals surface area (Å²) in [5.41, 5.74) is -0.129. The number of carbonyl (C=O) groups excluding carboxylic acids is 1. The molecule has 2 atom stereocenters. The van der Waals surface area contributed by atoms with Crippen LogP contribution in [0.1, 0.15) is 42.9 Å². The first-order valence-electron chi connectivity index (χ1n) is 8.22. The minimum absolute atomic E-state index is 0.129. The molecule has 4 fully saturated rings. The third-order valence-electron chi connectivity index (χ3n) is 5.53. The number of hydrogen-bond acceptors (Lipinski definition) is 5. The number of anilines is 1. The highest BCUT2D eigenvalue weighted by atomic mass is 32.1. The van der Waals surface area contributed by atoms with Gasteiger partial charge >= 0.3 is 0 Å². The molecule has 0 amide bonds. The summed E-state index contributed by atoms with van der Waals surface area (Å²) in [4.78, 5) is 21.2. The van der Waals surface area contributed by atoms with E-state index in [1.165, 1.54) is 17.7 Å². The van der Waals surface area contributed by atoms with Gasteiger partial charge in [0.05, 0.1) is 5.41 Å². The number of piperidine rings is 1. The van der Waals surface area contributed by atoms with Crippen LogP contribution in [0.2, 0.25) is 0 Å². The number of nitrogens with one attached hydrogen (secondary N) is 1. The van der Waals surface area contributed by atoms with Crippen LogP contribution in [0, 0.1) is 11.3 Å². The van der Waals surface area contributed by atoms with Crippen LogP contribution in [0.5, 0.6) is 0 Å². The monoisotopic (exact) mass is 303 g/mol. The van der Waals surface area contributed by atoms with Crippen molar-refractivity contribution in [2.45, 2.75) is 44.1 Å². The Morgan fingerprint density at radius 2 is 2.24 bits per heavy atom. The second kappa shape index (κ2) is 4.29. The molecule has 1 aromatic heterocycles. The molecule has 0 radical (unpaired) electrons. The van der Waals surface area contributed by atoms with Crippen molar-refractivity contribution in [2.24, 2.45) is 11.3 Å². The molecule has 5 rings (SSSR count). The number of Topliss-reactive ketones (excluding diaryl/α,β-unsaturated/α-hetero) is 1. The fourth-order valence-corrected chi connectivity index (χ4v) is 5.16. The molecule has 2 unspecified atom stereocenters. The van der Waals surface area contributed by atoms with Gasteiger partial charge in [0.2, 0.25) is 0 Å². The number of rotatable bonds is 4. The van der Waals surface area contributed by atoms with Gasteiger partial charge in [0.1, 0.15) is 5.78 Å². The Hall–Kier alpha value is -0.940. The van der Waals surface area contributed by atoms with Crippen molar-refractivity contribution < 1.29 is 4.79 Å². The second-order valence-electron chi connectivity index (χ2n) is 7.40. The van der Waals surface area contributed by atoms with Crippen molar-refractivity contribution >= 4 is 22.3 Å². The van der Waals surface area contributed by atoms with E-state index in [9.17, 15) is 4.79 Å². The largest absolute Gasteiger partial charge is 0.345 e. The second-order valence-corrected chi connectivity index (χ2v) is 8.44. The Balaban J connectivity index is 1.41. The molecular weight excluding hydrogens is 282 g/mol. The Morgan fingerprint density at radius 3 is 3.00 bits per heavy atom. The van der Waals surface area contributed by atoms with Crippen LogP contribution in [-0.4, -0.2) is 36.4 Å². The molecule has 5 heteroatoms. The minimum Gasteiger partial charge on any atom is -0.345 e. The Kier molecular flexibility index (Phi) is 2.57. The highest BCUT2D eigenvalue weighted by Gasteiger charge is 2.53. The zero-order valence-electron chi connectivity index (χ0n) is 12.2. The van der Waals surface area contributed by atoms with E-state index in [1.807, 2.05) is 11.3 Å².